The molecular formula is C16H27NO2. The molecule has 1 N–H and O–H groups in total. The molecule has 0 amide bonds. The van der Waals surface area contributed by atoms with Gasteiger partial charge in [0, 0.05) is 12.7 Å². The minimum Gasteiger partial charge on any atom is -0.494 e. The third-order valence-corrected chi connectivity index (χ3v) is 3.24. The average Bonchev–Trinajstić information content (AvgIpc) is 2.39. The van der Waals surface area contributed by atoms with Crippen LogP contribution in [0.2, 0.25) is 0 Å². The Bertz CT molecular complexity index is 366. The van der Waals surface area contributed by atoms with Gasteiger partial charge >= 0.3 is 0 Å². The van der Waals surface area contributed by atoms with Crippen LogP contribution in [0.1, 0.15) is 39.3 Å². The topological polar surface area (TPSA) is 30.5 Å². The highest BCUT2D eigenvalue weighted by atomic mass is 16.5. The first-order valence-electron chi connectivity index (χ1n) is 7.13. The lowest BCUT2D eigenvalue weighted by Gasteiger charge is -2.31. The predicted octanol–water partition coefficient (Wildman–Crippen LogP) is 3.41. The Morgan fingerprint density at radius 2 is 1.84 bits per heavy atom. The second kappa shape index (κ2) is 8.18. The monoisotopic (exact) mass is 265 g/mol. The van der Waals surface area contributed by atoms with Gasteiger partial charge in [-0.2, -0.15) is 0 Å². The highest BCUT2D eigenvalue weighted by Crippen LogP contribution is 2.31. The smallest absolute Gasteiger partial charge is 0.124 e. The fourth-order valence-electron chi connectivity index (χ4n) is 2.44. The zero-order chi connectivity index (χ0) is 14.3. The van der Waals surface area contributed by atoms with E-state index in [1.807, 2.05) is 19.1 Å². The first-order valence-corrected chi connectivity index (χ1v) is 7.13. The van der Waals surface area contributed by atoms with E-state index in [9.17, 15) is 0 Å². The van der Waals surface area contributed by atoms with Crippen LogP contribution in [0.3, 0.4) is 0 Å². The normalized spacial score (nSPS) is 14.4. The summed E-state index contributed by atoms with van der Waals surface area (Å²) in [5.41, 5.74) is 1.17. The second-order valence-electron chi connectivity index (χ2n) is 4.95. The Balaban J connectivity index is 3.10. The zero-order valence-electron chi connectivity index (χ0n) is 12.8. The van der Waals surface area contributed by atoms with Crippen LogP contribution in [0.4, 0.5) is 0 Å². The summed E-state index contributed by atoms with van der Waals surface area (Å²) in [6.45, 7) is 10.1. The van der Waals surface area contributed by atoms with Crippen LogP contribution < -0.4 is 10.1 Å². The van der Waals surface area contributed by atoms with Crippen molar-refractivity contribution >= 4 is 0 Å². The van der Waals surface area contributed by atoms with Crippen LogP contribution in [0.25, 0.3) is 0 Å². The number of likely N-dealkylation sites (N-methyl/N-ethyl adjacent to an activating group) is 1. The zero-order valence-corrected chi connectivity index (χ0v) is 12.8. The van der Waals surface area contributed by atoms with E-state index >= 15 is 0 Å². The number of hydrogen-bond donors (Lipinski definition) is 1. The van der Waals surface area contributed by atoms with Crippen molar-refractivity contribution in [3.05, 3.63) is 29.8 Å². The van der Waals surface area contributed by atoms with Gasteiger partial charge < -0.3 is 14.8 Å². The minimum atomic E-state index is 0.126. The van der Waals surface area contributed by atoms with Gasteiger partial charge in [-0.1, -0.05) is 39.0 Å². The summed E-state index contributed by atoms with van der Waals surface area (Å²) in [5.74, 6) is 1.38. The molecule has 1 aromatic rings. The summed E-state index contributed by atoms with van der Waals surface area (Å²) in [6.07, 6.45) is 0.126. The largest absolute Gasteiger partial charge is 0.494 e. The lowest BCUT2D eigenvalue weighted by atomic mass is 9.92. The van der Waals surface area contributed by atoms with E-state index in [-0.39, 0.29) is 12.1 Å². The number of benzene rings is 1. The molecule has 1 rings (SSSR count). The summed E-state index contributed by atoms with van der Waals surface area (Å²) in [4.78, 5) is 0. The van der Waals surface area contributed by atoms with Gasteiger partial charge in [0.05, 0.1) is 18.8 Å². The minimum absolute atomic E-state index is 0.126. The number of methoxy groups -OCH3 is 1. The van der Waals surface area contributed by atoms with Crippen molar-refractivity contribution in [1.82, 2.24) is 5.32 Å². The van der Waals surface area contributed by atoms with E-state index in [1.165, 1.54) is 5.56 Å². The van der Waals surface area contributed by atoms with Crippen LogP contribution in [0.15, 0.2) is 24.3 Å². The molecule has 19 heavy (non-hydrogen) atoms. The second-order valence-corrected chi connectivity index (χ2v) is 4.95. The van der Waals surface area contributed by atoms with Crippen molar-refractivity contribution in [3.8, 4) is 5.75 Å². The van der Waals surface area contributed by atoms with Gasteiger partial charge in [-0.25, -0.2) is 0 Å². The van der Waals surface area contributed by atoms with Gasteiger partial charge in [-0.15, -0.1) is 0 Å². The molecule has 3 nitrogen and oxygen atoms in total. The van der Waals surface area contributed by atoms with E-state index in [0.29, 0.717) is 12.5 Å². The summed E-state index contributed by atoms with van der Waals surface area (Å²) in [5, 5.41) is 3.53. The molecule has 2 unspecified atom stereocenters. The Morgan fingerprint density at radius 1 is 1.16 bits per heavy atom. The molecule has 3 heteroatoms. The van der Waals surface area contributed by atoms with Crippen molar-refractivity contribution in [2.45, 2.75) is 39.8 Å². The van der Waals surface area contributed by atoms with E-state index in [4.69, 9.17) is 9.47 Å². The third-order valence-electron chi connectivity index (χ3n) is 3.24. The number of para-hydroxylation sites is 1. The Kier molecular flexibility index (Phi) is 6.89. The van der Waals surface area contributed by atoms with Crippen molar-refractivity contribution in [2.75, 3.05) is 20.3 Å². The molecule has 1 aromatic carbocycles. The number of ether oxygens (including phenoxy) is 2. The SMILES string of the molecule is CCNC(c1ccccc1OCC)C(OC)C(C)C. The highest BCUT2D eigenvalue weighted by Gasteiger charge is 2.27. The van der Waals surface area contributed by atoms with Crippen LogP contribution in [0.5, 0.6) is 5.75 Å². The highest BCUT2D eigenvalue weighted by molar-refractivity contribution is 5.36. The maximum absolute atomic E-state index is 5.74. The molecular weight excluding hydrogens is 238 g/mol. The number of hydrogen-bond acceptors (Lipinski definition) is 3. The van der Waals surface area contributed by atoms with Crippen LogP contribution >= 0.6 is 0 Å². The van der Waals surface area contributed by atoms with E-state index in [1.54, 1.807) is 7.11 Å². The van der Waals surface area contributed by atoms with Crippen molar-refractivity contribution < 1.29 is 9.47 Å². The van der Waals surface area contributed by atoms with Crippen molar-refractivity contribution in [2.24, 2.45) is 5.92 Å². The molecule has 0 aromatic heterocycles. The third kappa shape index (κ3) is 4.22. The molecule has 0 saturated heterocycles. The Hall–Kier alpha value is -1.06. The molecule has 0 saturated carbocycles. The molecule has 0 spiro atoms. The summed E-state index contributed by atoms with van der Waals surface area (Å²) in [7, 11) is 1.78. The van der Waals surface area contributed by atoms with Gasteiger partial charge in [0.15, 0.2) is 0 Å². The standard InChI is InChI=1S/C16H27NO2/c1-6-17-15(16(18-5)12(3)4)13-10-8-9-11-14(13)19-7-2/h8-12,15-17H,6-7H2,1-5H3. The van der Waals surface area contributed by atoms with Gasteiger partial charge in [-0.05, 0) is 25.5 Å². The van der Waals surface area contributed by atoms with E-state index in [2.05, 4.69) is 38.2 Å². The fraction of sp³-hybridized carbons (Fsp3) is 0.625. The summed E-state index contributed by atoms with van der Waals surface area (Å²) in [6, 6.07) is 8.35. The van der Waals surface area contributed by atoms with E-state index < -0.39 is 0 Å². The molecule has 0 aliphatic heterocycles. The van der Waals surface area contributed by atoms with Crippen molar-refractivity contribution in [3.63, 3.8) is 0 Å². The predicted molar refractivity (Wildman–Crippen MR) is 79.7 cm³/mol. The first-order chi connectivity index (χ1) is 9.15. The molecule has 2 atom stereocenters. The van der Waals surface area contributed by atoms with Gasteiger partial charge in [0.2, 0.25) is 0 Å². The van der Waals surface area contributed by atoms with Crippen LogP contribution in [-0.4, -0.2) is 26.4 Å². The molecule has 108 valence electrons. The van der Waals surface area contributed by atoms with Crippen molar-refractivity contribution in [1.29, 1.82) is 0 Å². The summed E-state index contributed by atoms with van der Waals surface area (Å²) >= 11 is 0. The lowest BCUT2D eigenvalue weighted by molar-refractivity contribution is 0.0323. The lowest BCUT2D eigenvalue weighted by Crippen LogP contribution is -2.36. The summed E-state index contributed by atoms with van der Waals surface area (Å²) < 4.78 is 11.4. The van der Waals surface area contributed by atoms with E-state index in [0.717, 1.165) is 12.3 Å². The Morgan fingerprint density at radius 3 is 2.37 bits per heavy atom. The van der Waals surface area contributed by atoms with Gasteiger partial charge in [0.1, 0.15) is 5.75 Å². The van der Waals surface area contributed by atoms with Gasteiger partial charge in [0.25, 0.3) is 0 Å². The molecule has 0 aliphatic carbocycles. The molecule has 0 radical (unpaired) electrons. The molecule has 0 aliphatic rings. The quantitative estimate of drug-likeness (QED) is 0.781. The number of nitrogens with one attached hydrogen (secondary N) is 1. The van der Waals surface area contributed by atoms with Crippen LogP contribution in [-0.2, 0) is 4.74 Å². The maximum atomic E-state index is 5.74. The average molecular weight is 265 g/mol. The fourth-order valence-corrected chi connectivity index (χ4v) is 2.44. The van der Waals surface area contributed by atoms with Gasteiger partial charge in [-0.3, -0.25) is 0 Å². The van der Waals surface area contributed by atoms with Crippen LogP contribution in [0, 0.1) is 5.92 Å². The maximum Gasteiger partial charge on any atom is 0.124 e. The molecule has 0 fully saturated rings. The number of rotatable bonds is 8. The first kappa shape index (κ1) is 16.0. The molecule has 0 bridgehead atoms. The Labute approximate surface area is 117 Å². The molecule has 0 heterocycles.